The van der Waals surface area contributed by atoms with E-state index in [-0.39, 0.29) is 14.9 Å². The van der Waals surface area contributed by atoms with E-state index in [0.29, 0.717) is 0 Å². The Kier molecular flexibility index (Phi) is 4.01. The lowest BCUT2D eigenvalue weighted by atomic mass is 10.4. The van der Waals surface area contributed by atoms with Crippen LogP contribution in [-0.4, -0.2) is 21.5 Å². The number of amides is 2. The molecular formula is C8H8Cl2N2O3S. The monoisotopic (exact) mass is 282 g/mol. The summed E-state index contributed by atoms with van der Waals surface area (Å²) < 4.78 is 25.0. The van der Waals surface area contributed by atoms with Crippen molar-refractivity contribution in [3.05, 3.63) is 28.2 Å². The number of carbonyl (C=O) groups excluding carboxylic acids is 1. The Morgan fingerprint density at radius 1 is 1.19 bits per heavy atom. The van der Waals surface area contributed by atoms with Gasteiger partial charge in [0, 0.05) is 17.1 Å². The molecule has 0 atom stereocenters. The van der Waals surface area contributed by atoms with Crippen molar-refractivity contribution in [3.63, 3.8) is 0 Å². The van der Waals surface area contributed by atoms with Gasteiger partial charge in [0.15, 0.2) is 0 Å². The Morgan fingerprint density at radius 2 is 1.69 bits per heavy atom. The number of halogens is 2. The van der Waals surface area contributed by atoms with Gasteiger partial charge in [-0.1, -0.05) is 23.2 Å². The topological polar surface area (TPSA) is 75.3 Å². The molecule has 0 radical (unpaired) electrons. The molecule has 0 heterocycles. The minimum atomic E-state index is -3.95. The smallest absolute Gasteiger partial charge is 0.328 e. The molecule has 1 aromatic rings. The van der Waals surface area contributed by atoms with E-state index >= 15 is 0 Å². The molecule has 0 unspecified atom stereocenters. The van der Waals surface area contributed by atoms with Crippen molar-refractivity contribution < 1.29 is 13.2 Å². The predicted octanol–water partition coefficient (Wildman–Crippen LogP) is 1.61. The fraction of sp³-hybridized carbons (Fsp3) is 0.125. The molecule has 0 fully saturated rings. The molecule has 8 heteroatoms. The normalized spacial score (nSPS) is 10.9. The van der Waals surface area contributed by atoms with Crippen molar-refractivity contribution in [2.75, 3.05) is 7.05 Å². The maximum Gasteiger partial charge on any atom is 0.328 e. The number of benzene rings is 1. The third-order valence-corrected chi connectivity index (χ3v) is 3.35. The van der Waals surface area contributed by atoms with Crippen molar-refractivity contribution in [3.8, 4) is 0 Å². The Morgan fingerprint density at radius 3 is 2.12 bits per heavy atom. The second kappa shape index (κ2) is 4.90. The lowest BCUT2D eigenvalue weighted by Crippen LogP contribution is -2.37. The van der Waals surface area contributed by atoms with Gasteiger partial charge in [0.05, 0.1) is 4.90 Å². The van der Waals surface area contributed by atoms with E-state index in [9.17, 15) is 13.2 Å². The number of nitrogens with one attached hydrogen (secondary N) is 2. The molecule has 16 heavy (non-hydrogen) atoms. The van der Waals surface area contributed by atoms with Gasteiger partial charge in [0.25, 0.3) is 10.0 Å². The minimum Gasteiger partial charge on any atom is -0.340 e. The first-order valence-electron chi connectivity index (χ1n) is 4.06. The van der Waals surface area contributed by atoms with Crippen molar-refractivity contribution in [1.29, 1.82) is 0 Å². The lowest BCUT2D eigenvalue weighted by Gasteiger charge is -2.06. The molecule has 1 aromatic carbocycles. The number of hydrogen-bond donors (Lipinski definition) is 2. The van der Waals surface area contributed by atoms with Crippen LogP contribution in [-0.2, 0) is 10.0 Å². The predicted molar refractivity (Wildman–Crippen MR) is 61.2 cm³/mol. The highest BCUT2D eigenvalue weighted by molar-refractivity contribution is 7.90. The van der Waals surface area contributed by atoms with Crippen LogP contribution in [0.3, 0.4) is 0 Å². The maximum atomic E-state index is 11.6. The zero-order chi connectivity index (χ0) is 12.3. The second-order valence-corrected chi connectivity index (χ2v) is 5.35. The molecule has 2 N–H and O–H groups in total. The molecule has 0 spiro atoms. The highest BCUT2D eigenvalue weighted by atomic mass is 35.5. The molecule has 0 bridgehead atoms. The van der Waals surface area contributed by atoms with Gasteiger partial charge < -0.3 is 5.32 Å². The van der Waals surface area contributed by atoms with Crippen LogP contribution >= 0.6 is 23.2 Å². The standard InChI is InChI=1S/C8H8Cl2N2O3S/c1-11-8(13)12-16(14,15)7-3-5(9)2-6(10)4-7/h2-4H,1H3,(H2,11,12,13). The van der Waals surface area contributed by atoms with Gasteiger partial charge in [0.1, 0.15) is 0 Å². The van der Waals surface area contributed by atoms with E-state index in [1.54, 1.807) is 4.72 Å². The van der Waals surface area contributed by atoms with Crippen LogP contribution in [0.25, 0.3) is 0 Å². The Balaban J connectivity index is 3.12. The third-order valence-electron chi connectivity index (χ3n) is 1.60. The zero-order valence-electron chi connectivity index (χ0n) is 8.12. The molecule has 2 amide bonds. The first kappa shape index (κ1) is 13.1. The Hall–Kier alpha value is -0.980. The molecular weight excluding hydrogens is 275 g/mol. The molecule has 0 aromatic heterocycles. The molecule has 0 aliphatic carbocycles. The fourth-order valence-electron chi connectivity index (χ4n) is 0.916. The summed E-state index contributed by atoms with van der Waals surface area (Å²) in [6, 6.07) is 2.94. The second-order valence-electron chi connectivity index (χ2n) is 2.79. The maximum absolute atomic E-state index is 11.6. The summed E-state index contributed by atoms with van der Waals surface area (Å²) in [5, 5.41) is 2.47. The number of rotatable bonds is 2. The molecule has 0 aliphatic heterocycles. The van der Waals surface area contributed by atoms with Gasteiger partial charge in [-0.25, -0.2) is 17.9 Å². The van der Waals surface area contributed by atoms with Crippen LogP contribution in [0.5, 0.6) is 0 Å². The number of sulfonamides is 1. The van der Waals surface area contributed by atoms with E-state index < -0.39 is 16.1 Å². The van der Waals surface area contributed by atoms with E-state index in [1.165, 1.54) is 25.2 Å². The van der Waals surface area contributed by atoms with E-state index in [0.717, 1.165) is 0 Å². The van der Waals surface area contributed by atoms with Crippen LogP contribution in [0.4, 0.5) is 4.79 Å². The Bertz CT molecular complexity index is 496. The van der Waals surface area contributed by atoms with Crippen molar-refractivity contribution in [2.24, 2.45) is 0 Å². The average molecular weight is 283 g/mol. The number of carbonyl (C=O) groups is 1. The molecule has 5 nitrogen and oxygen atoms in total. The first-order chi connectivity index (χ1) is 7.35. The van der Waals surface area contributed by atoms with Crippen LogP contribution in [0.2, 0.25) is 10.0 Å². The number of hydrogen-bond acceptors (Lipinski definition) is 3. The van der Waals surface area contributed by atoms with E-state index in [1.807, 2.05) is 0 Å². The quantitative estimate of drug-likeness (QED) is 0.865. The molecule has 0 saturated carbocycles. The zero-order valence-corrected chi connectivity index (χ0v) is 10.4. The van der Waals surface area contributed by atoms with Crippen LogP contribution in [0.1, 0.15) is 0 Å². The fourth-order valence-corrected chi connectivity index (χ4v) is 2.60. The van der Waals surface area contributed by atoms with Gasteiger partial charge in [-0.15, -0.1) is 0 Å². The van der Waals surface area contributed by atoms with Crippen LogP contribution < -0.4 is 10.0 Å². The molecule has 1 rings (SSSR count). The molecule has 0 saturated heterocycles. The summed E-state index contributed by atoms with van der Waals surface area (Å²) in [7, 11) is -2.65. The minimum absolute atomic E-state index is 0.171. The van der Waals surface area contributed by atoms with Crippen molar-refractivity contribution in [1.82, 2.24) is 10.0 Å². The summed E-state index contributed by atoms with van der Waals surface area (Å²) in [4.78, 5) is 10.7. The van der Waals surface area contributed by atoms with Crippen LogP contribution in [0.15, 0.2) is 23.1 Å². The lowest BCUT2D eigenvalue weighted by molar-refractivity contribution is 0.248. The molecule has 88 valence electrons. The summed E-state index contributed by atoms with van der Waals surface area (Å²) in [6.45, 7) is 0. The first-order valence-corrected chi connectivity index (χ1v) is 6.29. The van der Waals surface area contributed by atoms with Gasteiger partial charge in [-0.3, -0.25) is 0 Å². The summed E-state index contributed by atoms with van der Waals surface area (Å²) in [6.07, 6.45) is 0. The van der Waals surface area contributed by atoms with E-state index in [4.69, 9.17) is 23.2 Å². The van der Waals surface area contributed by atoms with Crippen molar-refractivity contribution >= 4 is 39.3 Å². The summed E-state index contributed by atoms with van der Waals surface area (Å²) >= 11 is 11.3. The Labute approximate surface area is 103 Å². The third kappa shape index (κ3) is 3.26. The van der Waals surface area contributed by atoms with Gasteiger partial charge in [0.2, 0.25) is 0 Å². The van der Waals surface area contributed by atoms with Gasteiger partial charge >= 0.3 is 6.03 Å². The van der Waals surface area contributed by atoms with E-state index in [2.05, 4.69) is 5.32 Å². The van der Waals surface area contributed by atoms with Crippen molar-refractivity contribution in [2.45, 2.75) is 4.90 Å². The van der Waals surface area contributed by atoms with Gasteiger partial charge in [-0.05, 0) is 18.2 Å². The SMILES string of the molecule is CNC(=O)NS(=O)(=O)c1cc(Cl)cc(Cl)c1. The average Bonchev–Trinajstić information content (AvgIpc) is 2.15. The largest absolute Gasteiger partial charge is 0.340 e. The highest BCUT2D eigenvalue weighted by Crippen LogP contribution is 2.21. The number of urea groups is 1. The highest BCUT2D eigenvalue weighted by Gasteiger charge is 2.17. The molecule has 0 aliphatic rings. The summed E-state index contributed by atoms with van der Waals surface area (Å²) in [5.74, 6) is 0. The summed E-state index contributed by atoms with van der Waals surface area (Å²) in [5.41, 5.74) is 0. The van der Waals surface area contributed by atoms with Crippen LogP contribution in [0, 0.1) is 0 Å². The van der Waals surface area contributed by atoms with Gasteiger partial charge in [-0.2, -0.15) is 0 Å².